The van der Waals surface area contributed by atoms with Crippen molar-refractivity contribution in [2.75, 3.05) is 13.1 Å². The quantitative estimate of drug-likeness (QED) is 0.806. The summed E-state index contributed by atoms with van der Waals surface area (Å²) in [5.41, 5.74) is -0.801. The van der Waals surface area contributed by atoms with Gasteiger partial charge >= 0.3 is 6.18 Å². The third kappa shape index (κ3) is 2.55. The van der Waals surface area contributed by atoms with Crippen molar-refractivity contribution in [2.24, 2.45) is 0 Å². The highest BCUT2D eigenvalue weighted by Crippen LogP contribution is 2.29. The maximum atomic E-state index is 12.4. The van der Waals surface area contributed by atoms with Gasteiger partial charge in [0.1, 0.15) is 0 Å². The summed E-state index contributed by atoms with van der Waals surface area (Å²) < 4.78 is 38.5. The van der Waals surface area contributed by atoms with Gasteiger partial charge in [0.15, 0.2) is 5.69 Å². The first kappa shape index (κ1) is 11.4. The van der Waals surface area contributed by atoms with Gasteiger partial charge in [-0.25, -0.2) is 0 Å². The minimum Gasteiger partial charge on any atom is -0.317 e. The van der Waals surface area contributed by atoms with Crippen molar-refractivity contribution >= 4 is 0 Å². The van der Waals surface area contributed by atoms with Crippen molar-refractivity contribution in [3.05, 3.63) is 18.0 Å². The van der Waals surface area contributed by atoms with Crippen LogP contribution in [0.3, 0.4) is 0 Å². The Kier molecular flexibility index (Phi) is 3.18. The highest BCUT2D eigenvalue weighted by atomic mass is 19.4. The zero-order valence-electron chi connectivity index (χ0n) is 8.80. The van der Waals surface area contributed by atoms with Crippen LogP contribution in [-0.2, 0) is 6.18 Å². The minimum absolute atomic E-state index is 0.0890. The maximum Gasteiger partial charge on any atom is 0.435 e. The van der Waals surface area contributed by atoms with E-state index in [1.165, 1.54) is 10.9 Å². The topological polar surface area (TPSA) is 29.9 Å². The van der Waals surface area contributed by atoms with Crippen LogP contribution in [0.25, 0.3) is 0 Å². The first-order valence-electron chi connectivity index (χ1n) is 5.40. The molecule has 0 radical (unpaired) electrons. The number of nitrogens with zero attached hydrogens (tertiary/aromatic N) is 2. The van der Waals surface area contributed by atoms with Crippen molar-refractivity contribution in [3.63, 3.8) is 0 Å². The Morgan fingerprint density at radius 2 is 2.12 bits per heavy atom. The molecule has 90 valence electrons. The summed E-state index contributed by atoms with van der Waals surface area (Å²) in [6.45, 7) is 1.77. The standard InChI is InChI=1S/C10H14F3N3/c11-10(12,13)9-4-7-16(15-9)8-2-1-5-14-6-3-8/h4,7-8,14H,1-3,5-6H2. The van der Waals surface area contributed by atoms with Crippen LogP contribution >= 0.6 is 0 Å². The largest absolute Gasteiger partial charge is 0.435 e. The van der Waals surface area contributed by atoms with Crippen LogP contribution in [0, 0.1) is 0 Å². The third-order valence-corrected chi connectivity index (χ3v) is 2.82. The van der Waals surface area contributed by atoms with Crippen molar-refractivity contribution in [1.82, 2.24) is 15.1 Å². The highest BCUT2D eigenvalue weighted by molar-refractivity contribution is 5.04. The fourth-order valence-corrected chi connectivity index (χ4v) is 1.96. The van der Waals surface area contributed by atoms with Crippen molar-refractivity contribution in [1.29, 1.82) is 0 Å². The molecular weight excluding hydrogens is 219 g/mol. The fourth-order valence-electron chi connectivity index (χ4n) is 1.96. The predicted octanol–water partition coefficient (Wildman–Crippen LogP) is 2.22. The van der Waals surface area contributed by atoms with Gasteiger partial charge in [-0.2, -0.15) is 18.3 Å². The molecule has 6 heteroatoms. The Balaban J connectivity index is 2.11. The zero-order valence-corrected chi connectivity index (χ0v) is 8.80. The minimum atomic E-state index is -4.34. The molecule has 1 unspecified atom stereocenters. The number of halogens is 3. The van der Waals surface area contributed by atoms with Crippen LogP contribution in [-0.4, -0.2) is 22.9 Å². The van der Waals surface area contributed by atoms with Gasteiger partial charge in [-0.05, 0) is 38.4 Å². The number of aromatic nitrogens is 2. The first-order valence-corrected chi connectivity index (χ1v) is 5.40. The van der Waals surface area contributed by atoms with Gasteiger partial charge in [0.25, 0.3) is 0 Å². The molecule has 0 bridgehead atoms. The molecule has 1 saturated heterocycles. The molecule has 0 aliphatic carbocycles. The Morgan fingerprint density at radius 3 is 2.81 bits per heavy atom. The lowest BCUT2D eigenvalue weighted by Gasteiger charge is -2.14. The third-order valence-electron chi connectivity index (χ3n) is 2.82. The second-order valence-corrected chi connectivity index (χ2v) is 4.01. The Morgan fingerprint density at radius 1 is 1.31 bits per heavy atom. The molecule has 1 aliphatic rings. The van der Waals surface area contributed by atoms with Crippen LogP contribution in [0.2, 0.25) is 0 Å². The predicted molar refractivity (Wildman–Crippen MR) is 53.0 cm³/mol. The van der Waals surface area contributed by atoms with E-state index in [-0.39, 0.29) is 6.04 Å². The average molecular weight is 233 g/mol. The molecule has 1 aromatic heterocycles. The monoisotopic (exact) mass is 233 g/mol. The first-order chi connectivity index (χ1) is 7.57. The molecule has 1 N–H and O–H groups in total. The summed E-state index contributed by atoms with van der Waals surface area (Å²) in [5, 5.41) is 6.83. The van der Waals surface area contributed by atoms with Crippen LogP contribution in [0.5, 0.6) is 0 Å². The molecule has 0 amide bonds. The van der Waals surface area contributed by atoms with Crippen molar-refractivity contribution in [2.45, 2.75) is 31.5 Å². The number of alkyl halides is 3. The normalized spacial score (nSPS) is 23.1. The van der Waals surface area contributed by atoms with Gasteiger partial charge in [-0.15, -0.1) is 0 Å². The molecule has 0 saturated carbocycles. The Bertz CT molecular complexity index is 337. The molecule has 0 spiro atoms. The lowest BCUT2D eigenvalue weighted by Crippen LogP contribution is -2.16. The number of hydrogen-bond donors (Lipinski definition) is 1. The van der Waals surface area contributed by atoms with E-state index >= 15 is 0 Å². The van der Waals surface area contributed by atoms with Crippen LogP contribution in [0.4, 0.5) is 13.2 Å². The molecule has 1 aromatic rings. The molecule has 3 nitrogen and oxygen atoms in total. The molecular formula is C10H14F3N3. The van der Waals surface area contributed by atoms with E-state index in [9.17, 15) is 13.2 Å². The van der Waals surface area contributed by atoms with Gasteiger partial charge in [0, 0.05) is 6.20 Å². The summed E-state index contributed by atoms with van der Waals surface area (Å²) in [7, 11) is 0. The van der Waals surface area contributed by atoms with Crippen LogP contribution in [0.1, 0.15) is 31.0 Å². The lowest BCUT2D eigenvalue weighted by atomic mass is 10.1. The molecule has 1 fully saturated rings. The van der Waals surface area contributed by atoms with E-state index in [4.69, 9.17) is 0 Å². The molecule has 1 atom stereocenters. The van der Waals surface area contributed by atoms with Crippen molar-refractivity contribution in [3.8, 4) is 0 Å². The van der Waals surface area contributed by atoms with E-state index in [0.717, 1.165) is 38.4 Å². The smallest absolute Gasteiger partial charge is 0.317 e. The Hall–Kier alpha value is -1.04. The molecule has 0 aromatic carbocycles. The number of rotatable bonds is 1. The van der Waals surface area contributed by atoms with E-state index in [0.29, 0.717) is 0 Å². The maximum absolute atomic E-state index is 12.4. The van der Waals surface area contributed by atoms with Gasteiger partial charge in [-0.1, -0.05) is 0 Å². The number of hydrogen-bond acceptors (Lipinski definition) is 2. The van der Waals surface area contributed by atoms with E-state index in [2.05, 4.69) is 10.4 Å². The second-order valence-electron chi connectivity index (χ2n) is 4.01. The molecule has 16 heavy (non-hydrogen) atoms. The van der Waals surface area contributed by atoms with Crippen molar-refractivity contribution < 1.29 is 13.2 Å². The Labute approximate surface area is 91.6 Å². The summed E-state index contributed by atoms with van der Waals surface area (Å²) in [6.07, 6.45) is -0.218. The average Bonchev–Trinajstić information content (AvgIpc) is 2.55. The van der Waals surface area contributed by atoms with E-state index in [1.807, 2.05) is 0 Å². The van der Waals surface area contributed by atoms with Gasteiger partial charge in [-0.3, -0.25) is 4.68 Å². The van der Waals surface area contributed by atoms with Crippen LogP contribution in [0.15, 0.2) is 12.3 Å². The van der Waals surface area contributed by atoms with Gasteiger partial charge < -0.3 is 5.32 Å². The zero-order chi connectivity index (χ0) is 11.6. The van der Waals surface area contributed by atoms with Gasteiger partial charge in [0.05, 0.1) is 6.04 Å². The SMILES string of the molecule is FC(F)(F)c1ccn(C2CCCNCC2)n1. The van der Waals surface area contributed by atoms with Crippen LogP contribution < -0.4 is 5.32 Å². The number of nitrogens with one attached hydrogen (secondary N) is 1. The van der Waals surface area contributed by atoms with E-state index < -0.39 is 11.9 Å². The fraction of sp³-hybridized carbons (Fsp3) is 0.700. The lowest BCUT2D eigenvalue weighted by molar-refractivity contribution is -0.141. The second kappa shape index (κ2) is 4.45. The van der Waals surface area contributed by atoms with Gasteiger partial charge in [0.2, 0.25) is 0 Å². The summed E-state index contributed by atoms with van der Waals surface area (Å²) >= 11 is 0. The summed E-state index contributed by atoms with van der Waals surface area (Å²) in [4.78, 5) is 0. The molecule has 1 aliphatic heterocycles. The summed E-state index contributed by atoms with van der Waals surface area (Å²) in [5.74, 6) is 0. The van der Waals surface area contributed by atoms with E-state index in [1.54, 1.807) is 0 Å². The molecule has 2 rings (SSSR count). The molecule has 2 heterocycles. The summed E-state index contributed by atoms with van der Waals surface area (Å²) in [6, 6.07) is 1.13. The highest BCUT2D eigenvalue weighted by Gasteiger charge is 2.34.